The molecule has 0 unspecified atom stereocenters. The van der Waals surface area contributed by atoms with Crippen LogP contribution in [0.25, 0.3) is 0 Å². The number of hydrogen-bond donors (Lipinski definition) is 4. The van der Waals surface area contributed by atoms with Crippen molar-refractivity contribution in [3.8, 4) is 11.5 Å². The van der Waals surface area contributed by atoms with Gasteiger partial charge < -0.3 is 20.8 Å². The number of benzene rings is 2. The molecule has 0 aliphatic heterocycles. The van der Waals surface area contributed by atoms with Crippen LogP contribution in [-0.4, -0.2) is 16.2 Å². The number of phenolic OH excluding ortho intramolecular Hbond substituents is 2. The standard InChI is InChI=1S/C14H13FN2O3/c15-13-4-2-1-3-9(13)8-16-14(20)17-10-5-11(18)7-12(19)6-10/h1-7,18-19H,8H2,(H2,16,17,20). The minimum absolute atomic E-state index is 0.0311. The third-order valence-corrected chi connectivity index (χ3v) is 2.56. The molecule has 0 saturated heterocycles. The lowest BCUT2D eigenvalue weighted by molar-refractivity contribution is 0.251. The first-order valence-electron chi connectivity index (χ1n) is 5.86. The predicted octanol–water partition coefficient (Wildman–Crippen LogP) is 2.56. The summed E-state index contributed by atoms with van der Waals surface area (Å²) in [6, 6.07) is 9.24. The van der Waals surface area contributed by atoms with Crippen LogP contribution >= 0.6 is 0 Å². The Labute approximate surface area is 114 Å². The van der Waals surface area contributed by atoms with Gasteiger partial charge in [-0.05, 0) is 6.07 Å². The first-order valence-corrected chi connectivity index (χ1v) is 5.86. The molecule has 0 heterocycles. The Bertz CT molecular complexity index is 611. The highest BCUT2D eigenvalue weighted by Gasteiger charge is 2.06. The van der Waals surface area contributed by atoms with E-state index in [9.17, 15) is 19.4 Å². The van der Waals surface area contributed by atoms with Crippen LogP contribution in [0.15, 0.2) is 42.5 Å². The van der Waals surface area contributed by atoms with Crippen molar-refractivity contribution in [2.45, 2.75) is 6.54 Å². The zero-order valence-electron chi connectivity index (χ0n) is 10.4. The quantitative estimate of drug-likeness (QED) is 0.695. The van der Waals surface area contributed by atoms with Crippen LogP contribution in [0.4, 0.5) is 14.9 Å². The molecule has 0 spiro atoms. The van der Waals surface area contributed by atoms with E-state index in [0.717, 1.165) is 6.07 Å². The van der Waals surface area contributed by atoms with Gasteiger partial charge in [-0.15, -0.1) is 0 Å². The van der Waals surface area contributed by atoms with Gasteiger partial charge in [0.15, 0.2) is 0 Å². The first-order chi connectivity index (χ1) is 9.54. The number of carbonyl (C=O) groups excluding carboxylic acids is 1. The fourth-order valence-corrected chi connectivity index (χ4v) is 1.66. The molecular weight excluding hydrogens is 263 g/mol. The van der Waals surface area contributed by atoms with Crippen LogP contribution in [0, 0.1) is 5.82 Å². The summed E-state index contributed by atoms with van der Waals surface area (Å²) in [5.41, 5.74) is 0.593. The van der Waals surface area contributed by atoms with E-state index in [1.54, 1.807) is 18.2 Å². The smallest absolute Gasteiger partial charge is 0.319 e. The van der Waals surface area contributed by atoms with E-state index in [0.29, 0.717) is 5.56 Å². The van der Waals surface area contributed by atoms with Crippen molar-refractivity contribution in [3.63, 3.8) is 0 Å². The number of amides is 2. The molecule has 2 rings (SSSR count). The summed E-state index contributed by atoms with van der Waals surface area (Å²) in [5, 5.41) is 23.4. The van der Waals surface area contributed by atoms with Crippen LogP contribution in [0.3, 0.4) is 0 Å². The Kier molecular flexibility index (Phi) is 4.05. The number of anilines is 1. The minimum Gasteiger partial charge on any atom is -0.508 e. The van der Waals surface area contributed by atoms with Gasteiger partial charge in [-0.25, -0.2) is 9.18 Å². The highest BCUT2D eigenvalue weighted by Crippen LogP contribution is 2.23. The van der Waals surface area contributed by atoms with Crippen molar-refractivity contribution in [1.29, 1.82) is 0 Å². The molecule has 0 radical (unpaired) electrons. The average Bonchev–Trinajstić information content (AvgIpc) is 2.36. The lowest BCUT2D eigenvalue weighted by atomic mass is 10.2. The van der Waals surface area contributed by atoms with Gasteiger partial charge in [0.25, 0.3) is 0 Å². The Morgan fingerprint density at radius 3 is 2.40 bits per heavy atom. The highest BCUT2D eigenvalue weighted by molar-refractivity contribution is 5.89. The average molecular weight is 276 g/mol. The van der Waals surface area contributed by atoms with E-state index in [1.165, 1.54) is 18.2 Å². The SMILES string of the molecule is O=C(NCc1ccccc1F)Nc1cc(O)cc(O)c1. The van der Waals surface area contributed by atoms with Gasteiger partial charge >= 0.3 is 6.03 Å². The van der Waals surface area contributed by atoms with E-state index in [2.05, 4.69) is 10.6 Å². The molecule has 104 valence electrons. The summed E-state index contributed by atoms with van der Waals surface area (Å²) in [7, 11) is 0. The van der Waals surface area contributed by atoms with Crippen molar-refractivity contribution in [1.82, 2.24) is 5.32 Å². The lowest BCUT2D eigenvalue weighted by Gasteiger charge is -2.09. The zero-order chi connectivity index (χ0) is 14.5. The molecule has 0 bridgehead atoms. The second-order valence-electron chi connectivity index (χ2n) is 4.14. The van der Waals surface area contributed by atoms with Crippen LogP contribution in [0.5, 0.6) is 11.5 Å². The van der Waals surface area contributed by atoms with Crippen LogP contribution in [0.2, 0.25) is 0 Å². The van der Waals surface area contributed by atoms with Crippen LogP contribution in [-0.2, 0) is 6.54 Å². The zero-order valence-corrected chi connectivity index (χ0v) is 10.4. The number of halogens is 1. The van der Waals surface area contributed by atoms with Gasteiger partial charge in [-0.3, -0.25) is 0 Å². The molecule has 2 aromatic rings. The molecule has 0 aliphatic carbocycles. The van der Waals surface area contributed by atoms with Crippen molar-refractivity contribution < 1.29 is 19.4 Å². The predicted molar refractivity (Wildman–Crippen MR) is 72.0 cm³/mol. The second-order valence-corrected chi connectivity index (χ2v) is 4.14. The minimum atomic E-state index is -0.571. The van der Waals surface area contributed by atoms with Crippen LogP contribution in [0.1, 0.15) is 5.56 Å². The Morgan fingerprint density at radius 2 is 1.75 bits per heavy atom. The van der Waals surface area contributed by atoms with E-state index < -0.39 is 11.8 Å². The lowest BCUT2D eigenvalue weighted by Crippen LogP contribution is -2.28. The monoisotopic (exact) mass is 276 g/mol. The summed E-state index contributed by atoms with van der Waals surface area (Å²) in [6.07, 6.45) is 0. The number of carbonyl (C=O) groups is 1. The maximum Gasteiger partial charge on any atom is 0.319 e. The summed E-state index contributed by atoms with van der Waals surface area (Å²) in [4.78, 5) is 11.6. The molecule has 4 N–H and O–H groups in total. The fraction of sp³-hybridized carbons (Fsp3) is 0.0714. The van der Waals surface area contributed by atoms with E-state index in [4.69, 9.17) is 0 Å². The number of phenols is 2. The third-order valence-electron chi connectivity index (χ3n) is 2.56. The van der Waals surface area contributed by atoms with Crippen molar-refractivity contribution in [2.24, 2.45) is 0 Å². The maximum atomic E-state index is 13.3. The van der Waals surface area contributed by atoms with Crippen molar-refractivity contribution in [3.05, 3.63) is 53.8 Å². The normalized spacial score (nSPS) is 10.1. The number of rotatable bonds is 3. The summed E-state index contributed by atoms with van der Waals surface area (Å²) in [5.74, 6) is -0.744. The fourth-order valence-electron chi connectivity index (χ4n) is 1.66. The molecule has 0 atom stereocenters. The van der Waals surface area contributed by atoms with Gasteiger partial charge in [-0.2, -0.15) is 0 Å². The largest absolute Gasteiger partial charge is 0.508 e. The molecular formula is C14H13FN2O3. The van der Waals surface area contributed by atoms with Crippen LogP contribution < -0.4 is 10.6 Å². The molecule has 0 fully saturated rings. The molecule has 0 aromatic heterocycles. The maximum absolute atomic E-state index is 13.3. The summed E-state index contributed by atoms with van der Waals surface area (Å²) < 4.78 is 13.3. The van der Waals surface area contributed by atoms with E-state index in [-0.39, 0.29) is 23.7 Å². The van der Waals surface area contributed by atoms with E-state index in [1.807, 2.05) is 0 Å². The molecule has 0 aliphatic rings. The Hall–Kier alpha value is -2.76. The summed E-state index contributed by atoms with van der Waals surface area (Å²) >= 11 is 0. The van der Waals surface area contributed by atoms with Gasteiger partial charge in [-0.1, -0.05) is 18.2 Å². The van der Waals surface area contributed by atoms with Crippen molar-refractivity contribution in [2.75, 3.05) is 5.32 Å². The molecule has 6 heteroatoms. The Morgan fingerprint density at radius 1 is 1.10 bits per heavy atom. The van der Waals surface area contributed by atoms with Gasteiger partial charge in [0, 0.05) is 36.0 Å². The number of urea groups is 1. The highest BCUT2D eigenvalue weighted by atomic mass is 19.1. The van der Waals surface area contributed by atoms with Gasteiger partial charge in [0.1, 0.15) is 17.3 Å². The molecule has 2 aromatic carbocycles. The number of aromatic hydroxyl groups is 2. The number of hydrogen-bond acceptors (Lipinski definition) is 3. The topological polar surface area (TPSA) is 81.6 Å². The first kappa shape index (κ1) is 13.7. The van der Waals surface area contributed by atoms with Gasteiger partial charge in [0.2, 0.25) is 0 Å². The Balaban J connectivity index is 1.94. The van der Waals surface area contributed by atoms with Gasteiger partial charge in [0.05, 0.1) is 0 Å². The second kappa shape index (κ2) is 5.92. The molecule has 5 nitrogen and oxygen atoms in total. The molecule has 0 saturated carbocycles. The summed E-state index contributed by atoms with van der Waals surface area (Å²) in [6.45, 7) is 0.0311. The van der Waals surface area contributed by atoms with E-state index >= 15 is 0 Å². The molecule has 2 amide bonds. The number of nitrogens with one attached hydrogen (secondary N) is 2. The third kappa shape index (κ3) is 3.61. The van der Waals surface area contributed by atoms with Crippen molar-refractivity contribution >= 4 is 11.7 Å². The molecule has 20 heavy (non-hydrogen) atoms.